The maximum atomic E-state index is 11.2. The Balaban J connectivity index is 2.78. The molecule has 0 aromatic heterocycles. The molecule has 0 heterocycles. The van der Waals surface area contributed by atoms with E-state index in [0.29, 0.717) is 19.6 Å². The van der Waals surface area contributed by atoms with Crippen LogP contribution >= 0.6 is 0 Å². The lowest BCUT2D eigenvalue weighted by Gasteiger charge is -2.14. The summed E-state index contributed by atoms with van der Waals surface area (Å²) >= 11 is 0. The van der Waals surface area contributed by atoms with E-state index in [4.69, 9.17) is 4.74 Å². The Morgan fingerprint density at radius 2 is 2.12 bits per heavy atom. The van der Waals surface area contributed by atoms with Crippen LogP contribution in [0.15, 0.2) is 24.3 Å². The Hall–Kier alpha value is -1.35. The normalized spacial score (nSPS) is 12.4. The molecule has 0 aliphatic heterocycles. The summed E-state index contributed by atoms with van der Waals surface area (Å²) in [5.74, 6) is -1.25. The highest BCUT2D eigenvalue weighted by Crippen LogP contribution is 2.23. The van der Waals surface area contributed by atoms with Gasteiger partial charge >= 0.3 is 5.97 Å². The Bertz CT molecular complexity index is 347. The van der Waals surface area contributed by atoms with Crippen molar-refractivity contribution >= 4 is 5.97 Å². The standard InChI is InChI=1S/C13H18O3/c1-3-16-9-8-12(13(14)15)11-7-5-4-6-10(11)2/h4-7,12H,3,8-9H2,1-2H3,(H,14,15). The molecule has 0 saturated heterocycles. The quantitative estimate of drug-likeness (QED) is 0.752. The van der Waals surface area contributed by atoms with E-state index in [2.05, 4.69) is 0 Å². The molecule has 3 heteroatoms. The summed E-state index contributed by atoms with van der Waals surface area (Å²) in [4.78, 5) is 11.2. The van der Waals surface area contributed by atoms with E-state index < -0.39 is 11.9 Å². The summed E-state index contributed by atoms with van der Waals surface area (Å²) in [6, 6.07) is 7.60. The Morgan fingerprint density at radius 1 is 1.44 bits per heavy atom. The molecule has 1 aromatic carbocycles. The Labute approximate surface area is 96.1 Å². The molecule has 0 radical (unpaired) electrons. The zero-order valence-electron chi connectivity index (χ0n) is 9.77. The van der Waals surface area contributed by atoms with Crippen LogP contribution in [0.3, 0.4) is 0 Å². The highest BCUT2D eigenvalue weighted by Gasteiger charge is 2.20. The van der Waals surface area contributed by atoms with Gasteiger partial charge in [0, 0.05) is 13.2 Å². The van der Waals surface area contributed by atoms with Crippen LogP contribution < -0.4 is 0 Å². The minimum atomic E-state index is -0.783. The van der Waals surface area contributed by atoms with Gasteiger partial charge in [-0.2, -0.15) is 0 Å². The van der Waals surface area contributed by atoms with Crippen LogP contribution in [0.4, 0.5) is 0 Å². The number of carboxylic acid groups (broad SMARTS) is 1. The second kappa shape index (κ2) is 6.28. The number of rotatable bonds is 6. The molecule has 1 rings (SSSR count). The average molecular weight is 222 g/mol. The molecule has 0 spiro atoms. The molecule has 0 aliphatic carbocycles. The molecule has 1 aromatic rings. The van der Waals surface area contributed by atoms with Crippen molar-refractivity contribution in [2.75, 3.05) is 13.2 Å². The Morgan fingerprint density at radius 3 is 2.69 bits per heavy atom. The molecule has 16 heavy (non-hydrogen) atoms. The van der Waals surface area contributed by atoms with Gasteiger partial charge in [0.05, 0.1) is 5.92 Å². The van der Waals surface area contributed by atoms with Gasteiger partial charge in [0.1, 0.15) is 0 Å². The van der Waals surface area contributed by atoms with Gasteiger partial charge in [-0.3, -0.25) is 4.79 Å². The van der Waals surface area contributed by atoms with Crippen LogP contribution in [-0.4, -0.2) is 24.3 Å². The first-order chi connectivity index (χ1) is 7.66. The number of hydrogen-bond donors (Lipinski definition) is 1. The maximum absolute atomic E-state index is 11.2. The Kier molecular flexibility index (Phi) is 4.99. The zero-order chi connectivity index (χ0) is 12.0. The molecule has 1 unspecified atom stereocenters. The zero-order valence-corrected chi connectivity index (χ0v) is 9.77. The van der Waals surface area contributed by atoms with Gasteiger partial charge in [0.15, 0.2) is 0 Å². The molecule has 1 N–H and O–H groups in total. The molecule has 3 nitrogen and oxygen atoms in total. The van der Waals surface area contributed by atoms with Gasteiger partial charge in [-0.25, -0.2) is 0 Å². The number of hydrogen-bond acceptors (Lipinski definition) is 2. The van der Waals surface area contributed by atoms with Crippen LogP contribution in [0.5, 0.6) is 0 Å². The number of carbonyl (C=O) groups is 1. The molecule has 0 fully saturated rings. The number of carboxylic acids is 1. The van der Waals surface area contributed by atoms with E-state index in [0.717, 1.165) is 11.1 Å². The van der Waals surface area contributed by atoms with Crippen LogP contribution in [0, 0.1) is 6.92 Å². The van der Waals surface area contributed by atoms with Crippen molar-refractivity contribution < 1.29 is 14.6 Å². The van der Waals surface area contributed by atoms with Gasteiger partial charge < -0.3 is 9.84 Å². The van der Waals surface area contributed by atoms with Crippen LogP contribution in [0.1, 0.15) is 30.4 Å². The second-order valence-corrected chi connectivity index (χ2v) is 3.73. The van der Waals surface area contributed by atoms with Crippen molar-refractivity contribution in [2.45, 2.75) is 26.2 Å². The molecule has 0 amide bonds. The van der Waals surface area contributed by atoms with Crippen molar-refractivity contribution in [1.82, 2.24) is 0 Å². The fraction of sp³-hybridized carbons (Fsp3) is 0.462. The van der Waals surface area contributed by atoms with Gasteiger partial charge in [-0.05, 0) is 31.4 Å². The third-order valence-corrected chi connectivity index (χ3v) is 2.62. The predicted octanol–water partition coefficient (Wildman–Crippen LogP) is 2.59. The smallest absolute Gasteiger partial charge is 0.311 e. The van der Waals surface area contributed by atoms with Gasteiger partial charge in [-0.15, -0.1) is 0 Å². The first-order valence-corrected chi connectivity index (χ1v) is 5.53. The summed E-state index contributed by atoms with van der Waals surface area (Å²) in [6.45, 7) is 4.96. The van der Waals surface area contributed by atoms with Crippen molar-refractivity contribution in [3.8, 4) is 0 Å². The monoisotopic (exact) mass is 222 g/mol. The van der Waals surface area contributed by atoms with Crippen LogP contribution in [0.25, 0.3) is 0 Å². The van der Waals surface area contributed by atoms with E-state index in [1.165, 1.54) is 0 Å². The molecule has 0 aliphatic rings. The summed E-state index contributed by atoms with van der Waals surface area (Å²) in [7, 11) is 0. The lowest BCUT2D eigenvalue weighted by atomic mass is 9.92. The van der Waals surface area contributed by atoms with E-state index in [1.54, 1.807) is 0 Å². The highest BCUT2D eigenvalue weighted by atomic mass is 16.5. The highest BCUT2D eigenvalue weighted by molar-refractivity contribution is 5.76. The number of ether oxygens (including phenoxy) is 1. The molecule has 1 atom stereocenters. The first-order valence-electron chi connectivity index (χ1n) is 5.53. The third kappa shape index (κ3) is 3.35. The number of benzene rings is 1. The van der Waals surface area contributed by atoms with E-state index in [1.807, 2.05) is 38.1 Å². The van der Waals surface area contributed by atoms with E-state index in [-0.39, 0.29) is 0 Å². The topological polar surface area (TPSA) is 46.5 Å². The summed E-state index contributed by atoms with van der Waals surface area (Å²) in [6.07, 6.45) is 0.522. The fourth-order valence-electron chi connectivity index (χ4n) is 1.74. The molecular weight excluding hydrogens is 204 g/mol. The lowest BCUT2D eigenvalue weighted by Crippen LogP contribution is -2.15. The molecule has 88 valence electrons. The first kappa shape index (κ1) is 12.7. The van der Waals surface area contributed by atoms with E-state index in [9.17, 15) is 9.90 Å². The minimum absolute atomic E-state index is 0.465. The van der Waals surface area contributed by atoms with Gasteiger partial charge in [0.25, 0.3) is 0 Å². The largest absolute Gasteiger partial charge is 0.481 e. The van der Waals surface area contributed by atoms with Crippen molar-refractivity contribution in [3.63, 3.8) is 0 Å². The van der Waals surface area contributed by atoms with Gasteiger partial charge in [0.2, 0.25) is 0 Å². The van der Waals surface area contributed by atoms with Crippen molar-refractivity contribution in [1.29, 1.82) is 0 Å². The maximum Gasteiger partial charge on any atom is 0.311 e. The third-order valence-electron chi connectivity index (χ3n) is 2.62. The SMILES string of the molecule is CCOCCC(C(=O)O)c1ccccc1C. The van der Waals surface area contributed by atoms with Crippen LogP contribution in [-0.2, 0) is 9.53 Å². The molecule has 0 saturated carbocycles. The van der Waals surface area contributed by atoms with E-state index >= 15 is 0 Å². The average Bonchev–Trinajstić information content (AvgIpc) is 2.25. The minimum Gasteiger partial charge on any atom is -0.481 e. The van der Waals surface area contributed by atoms with Crippen LogP contribution in [0.2, 0.25) is 0 Å². The molecule has 0 bridgehead atoms. The summed E-state index contributed by atoms with van der Waals surface area (Å²) < 4.78 is 5.21. The number of aliphatic carboxylic acids is 1. The predicted molar refractivity (Wildman–Crippen MR) is 62.7 cm³/mol. The van der Waals surface area contributed by atoms with Gasteiger partial charge in [-0.1, -0.05) is 24.3 Å². The fourth-order valence-corrected chi connectivity index (χ4v) is 1.74. The van der Waals surface area contributed by atoms with Crippen molar-refractivity contribution in [3.05, 3.63) is 35.4 Å². The lowest BCUT2D eigenvalue weighted by molar-refractivity contribution is -0.139. The summed E-state index contributed by atoms with van der Waals surface area (Å²) in [5.41, 5.74) is 1.90. The second-order valence-electron chi connectivity index (χ2n) is 3.73. The molecular formula is C13H18O3. The number of aryl methyl sites for hydroxylation is 1. The van der Waals surface area contributed by atoms with Crippen molar-refractivity contribution in [2.24, 2.45) is 0 Å². The summed E-state index contributed by atoms with van der Waals surface area (Å²) in [5, 5.41) is 9.19.